The molecular weight excluding hydrogens is 512 g/mol. The van der Waals surface area contributed by atoms with Gasteiger partial charge in [-0.3, -0.25) is 9.35 Å². The van der Waals surface area contributed by atoms with E-state index in [1.807, 2.05) is 48.5 Å². The molecule has 0 aromatic heterocycles. The van der Waals surface area contributed by atoms with E-state index in [1.54, 1.807) is 18.0 Å². The Bertz CT molecular complexity index is 1440. The summed E-state index contributed by atoms with van der Waals surface area (Å²) in [5.74, 6) is 5.24. The lowest BCUT2D eigenvalue weighted by molar-refractivity contribution is -0.139. The lowest BCUT2D eigenvalue weighted by Crippen LogP contribution is -2.57. The van der Waals surface area contributed by atoms with E-state index >= 15 is 0 Å². The summed E-state index contributed by atoms with van der Waals surface area (Å²) < 4.78 is 22.8. The zero-order valence-corrected chi connectivity index (χ0v) is 21.7. The van der Waals surface area contributed by atoms with Crippen LogP contribution in [0.3, 0.4) is 0 Å². The molecule has 1 aliphatic rings. The van der Waals surface area contributed by atoms with Crippen LogP contribution in [-0.2, 0) is 16.1 Å². The molecule has 1 heterocycles. The van der Waals surface area contributed by atoms with Crippen LogP contribution in [0.4, 0.5) is 5.69 Å². The Hall–Kier alpha value is -3.44. The summed E-state index contributed by atoms with van der Waals surface area (Å²) in [6.07, 6.45) is -0.223. The quantitative estimate of drug-likeness (QED) is 0.360. The highest BCUT2D eigenvalue weighted by atomic mass is 35.5. The Morgan fingerprint density at radius 2 is 1.78 bits per heavy atom. The van der Waals surface area contributed by atoms with Crippen molar-refractivity contribution in [2.45, 2.75) is 19.4 Å². The number of carbonyl (C=O) groups is 1. The van der Waals surface area contributed by atoms with E-state index in [0.29, 0.717) is 47.7 Å². The number of nitriles is 1. The molecular formula is C27H25ClN4O4S. The standard InChI is InChI=1S/C27H25ClN4O4S/c1-19(17-25(33)34)32(37(35)36)31-15-13-30(14-16-31)24-11-6-20(7-12-24)5-8-22-10-9-21-3-2-4-23(18-29)26(21)27(22)28/h2-4,6-7,9-12,19H,13-17H2,1H3,(H,33,34)(H,35,36). The number of hydrogen-bond acceptors (Lipinski definition) is 5. The van der Waals surface area contributed by atoms with E-state index in [1.165, 1.54) is 4.41 Å². The third-order valence-electron chi connectivity index (χ3n) is 6.22. The summed E-state index contributed by atoms with van der Waals surface area (Å²) in [5.41, 5.74) is 2.99. The van der Waals surface area contributed by atoms with Gasteiger partial charge in [0.05, 0.1) is 23.1 Å². The molecule has 2 atom stereocenters. The fourth-order valence-corrected chi connectivity index (χ4v) is 5.50. The molecule has 0 amide bonds. The minimum atomic E-state index is -2.30. The maximum absolute atomic E-state index is 11.8. The number of carboxylic acids is 1. The van der Waals surface area contributed by atoms with Gasteiger partial charge < -0.3 is 10.0 Å². The second-order valence-corrected chi connectivity index (χ2v) is 9.87. The highest BCUT2D eigenvalue weighted by Crippen LogP contribution is 2.30. The first-order valence-corrected chi connectivity index (χ1v) is 13.1. The number of fused-ring (bicyclic) bond motifs is 1. The summed E-state index contributed by atoms with van der Waals surface area (Å²) >= 11 is 4.29. The van der Waals surface area contributed by atoms with Gasteiger partial charge in [-0.15, -0.1) is 4.41 Å². The van der Waals surface area contributed by atoms with Gasteiger partial charge in [0, 0.05) is 54.4 Å². The Morgan fingerprint density at radius 3 is 2.41 bits per heavy atom. The number of piperazine rings is 1. The zero-order chi connectivity index (χ0) is 26.5. The molecule has 1 aliphatic heterocycles. The number of anilines is 1. The predicted octanol–water partition coefficient (Wildman–Crippen LogP) is 4.10. The van der Waals surface area contributed by atoms with E-state index in [-0.39, 0.29) is 6.42 Å². The van der Waals surface area contributed by atoms with Crippen molar-refractivity contribution in [2.75, 3.05) is 31.1 Å². The normalized spacial score (nSPS) is 15.6. The molecule has 4 rings (SSSR count). The van der Waals surface area contributed by atoms with E-state index in [2.05, 4.69) is 22.8 Å². The number of hydrazine groups is 1. The molecule has 0 aliphatic carbocycles. The van der Waals surface area contributed by atoms with Gasteiger partial charge in [-0.25, -0.2) is 9.22 Å². The average molecular weight is 537 g/mol. The Morgan fingerprint density at radius 1 is 1.08 bits per heavy atom. The number of rotatable bonds is 6. The van der Waals surface area contributed by atoms with Gasteiger partial charge in [0.1, 0.15) is 0 Å². The van der Waals surface area contributed by atoms with Crippen molar-refractivity contribution < 1.29 is 18.7 Å². The summed E-state index contributed by atoms with van der Waals surface area (Å²) in [6.45, 7) is 3.84. The van der Waals surface area contributed by atoms with Gasteiger partial charge in [-0.05, 0) is 48.7 Å². The van der Waals surface area contributed by atoms with Crippen molar-refractivity contribution in [2.24, 2.45) is 0 Å². The topological polar surface area (TPSA) is 108 Å². The van der Waals surface area contributed by atoms with Crippen LogP contribution in [0.1, 0.15) is 30.0 Å². The van der Waals surface area contributed by atoms with E-state index in [9.17, 15) is 18.8 Å². The number of benzene rings is 3. The number of carboxylic acid groups (broad SMARTS) is 1. The lowest BCUT2D eigenvalue weighted by Gasteiger charge is -2.41. The van der Waals surface area contributed by atoms with Gasteiger partial charge >= 0.3 is 5.97 Å². The minimum Gasteiger partial charge on any atom is -0.481 e. The van der Waals surface area contributed by atoms with Crippen molar-refractivity contribution in [3.63, 3.8) is 0 Å². The molecule has 0 radical (unpaired) electrons. The molecule has 1 saturated heterocycles. The summed E-state index contributed by atoms with van der Waals surface area (Å²) in [4.78, 5) is 13.2. The van der Waals surface area contributed by atoms with E-state index in [0.717, 1.165) is 16.6 Å². The second-order valence-electron chi connectivity index (χ2n) is 8.66. The first-order valence-electron chi connectivity index (χ1n) is 11.6. The summed E-state index contributed by atoms with van der Waals surface area (Å²) in [6, 6.07) is 18.6. The number of aliphatic carboxylic acids is 1. The first kappa shape index (κ1) is 26.6. The van der Waals surface area contributed by atoms with Crippen LogP contribution in [0, 0.1) is 23.2 Å². The molecule has 0 bridgehead atoms. The van der Waals surface area contributed by atoms with Gasteiger partial charge in [0.2, 0.25) is 11.3 Å². The van der Waals surface area contributed by atoms with Crippen molar-refractivity contribution in [3.05, 3.63) is 76.3 Å². The third-order valence-corrected chi connectivity index (χ3v) is 7.52. The molecule has 0 saturated carbocycles. The van der Waals surface area contributed by atoms with Gasteiger partial charge in [-0.1, -0.05) is 41.6 Å². The highest BCUT2D eigenvalue weighted by molar-refractivity contribution is 7.76. The minimum absolute atomic E-state index is 0.223. The van der Waals surface area contributed by atoms with Crippen LogP contribution in [0.2, 0.25) is 5.02 Å². The number of hydrogen-bond donors (Lipinski definition) is 2. The maximum Gasteiger partial charge on any atom is 0.305 e. The molecule has 1 fully saturated rings. The van der Waals surface area contributed by atoms with Crippen LogP contribution in [0.5, 0.6) is 0 Å². The number of nitrogens with zero attached hydrogens (tertiary/aromatic N) is 4. The van der Waals surface area contributed by atoms with Gasteiger partial charge in [0.15, 0.2) is 0 Å². The molecule has 3 aromatic carbocycles. The van der Waals surface area contributed by atoms with Crippen LogP contribution in [0.15, 0.2) is 54.6 Å². The van der Waals surface area contributed by atoms with E-state index < -0.39 is 23.3 Å². The highest BCUT2D eigenvalue weighted by Gasteiger charge is 2.30. The Labute approximate surface area is 223 Å². The summed E-state index contributed by atoms with van der Waals surface area (Å²) in [5, 5.41) is 22.3. The first-order chi connectivity index (χ1) is 17.8. The fraction of sp³-hybridized carbons (Fsp3) is 0.259. The second kappa shape index (κ2) is 11.7. The van der Waals surface area contributed by atoms with Crippen LogP contribution in [0.25, 0.3) is 10.8 Å². The van der Waals surface area contributed by atoms with Crippen LogP contribution >= 0.6 is 11.6 Å². The number of halogens is 1. The molecule has 8 nitrogen and oxygen atoms in total. The predicted molar refractivity (Wildman–Crippen MR) is 144 cm³/mol. The molecule has 37 heavy (non-hydrogen) atoms. The van der Waals surface area contributed by atoms with Gasteiger partial charge in [-0.2, -0.15) is 5.26 Å². The molecule has 3 aromatic rings. The van der Waals surface area contributed by atoms with Crippen LogP contribution in [-0.4, -0.2) is 61.5 Å². The largest absolute Gasteiger partial charge is 0.481 e. The Kier molecular flexibility index (Phi) is 8.45. The van der Waals surface area contributed by atoms with Crippen molar-refractivity contribution >= 4 is 45.3 Å². The zero-order valence-electron chi connectivity index (χ0n) is 20.1. The van der Waals surface area contributed by atoms with Crippen molar-refractivity contribution in [1.29, 1.82) is 5.26 Å². The lowest BCUT2D eigenvalue weighted by atomic mass is 10.0. The van der Waals surface area contributed by atoms with Crippen molar-refractivity contribution in [3.8, 4) is 17.9 Å². The third kappa shape index (κ3) is 6.11. The SMILES string of the molecule is CC(CC(=O)O)N(N1CCN(c2ccc(C#Cc3ccc4cccc(C#N)c4c3Cl)cc2)CC1)S(=O)O. The smallest absolute Gasteiger partial charge is 0.305 e. The molecule has 2 unspecified atom stereocenters. The van der Waals surface area contributed by atoms with Crippen LogP contribution < -0.4 is 4.90 Å². The van der Waals surface area contributed by atoms with E-state index in [4.69, 9.17) is 16.7 Å². The van der Waals surface area contributed by atoms with Crippen molar-refractivity contribution in [1.82, 2.24) is 9.42 Å². The molecule has 2 N–H and O–H groups in total. The molecule has 0 spiro atoms. The summed E-state index contributed by atoms with van der Waals surface area (Å²) in [7, 11) is 0. The molecule has 10 heteroatoms. The van der Waals surface area contributed by atoms with Gasteiger partial charge in [0.25, 0.3) is 0 Å². The maximum atomic E-state index is 11.8. The Balaban J connectivity index is 1.44. The fourth-order valence-electron chi connectivity index (χ4n) is 4.43. The average Bonchev–Trinajstić information content (AvgIpc) is 2.88. The molecule has 190 valence electrons. The monoisotopic (exact) mass is 536 g/mol.